The molecule has 20 heavy (non-hydrogen) atoms. The average Bonchev–Trinajstić information content (AvgIpc) is 2.32. The van der Waals surface area contributed by atoms with E-state index in [0.29, 0.717) is 19.0 Å². The van der Waals surface area contributed by atoms with Crippen LogP contribution in [0.25, 0.3) is 0 Å². The number of nitrogens with zero attached hydrogens (tertiary/aromatic N) is 2. The fraction of sp³-hybridized carbons (Fsp3) is 0.923. The van der Waals surface area contributed by atoms with Crippen molar-refractivity contribution in [2.75, 3.05) is 39.8 Å². The third-order valence-corrected chi connectivity index (χ3v) is 4.36. The molecule has 2 aliphatic heterocycles. The molecule has 1 amide bonds. The summed E-state index contributed by atoms with van der Waals surface area (Å²) in [5.41, 5.74) is -2.09. The van der Waals surface area contributed by atoms with Crippen LogP contribution in [0.5, 0.6) is 0 Å². The van der Waals surface area contributed by atoms with Gasteiger partial charge in [0, 0.05) is 33.3 Å². The molecule has 2 rings (SSSR count). The van der Waals surface area contributed by atoms with Crippen LogP contribution in [0.4, 0.5) is 13.2 Å². The Morgan fingerprint density at radius 2 is 1.85 bits per heavy atom. The molecular formula is C13H21F3N2O2. The summed E-state index contributed by atoms with van der Waals surface area (Å²) in [4.78, 5) is 15.3. The van der Waals surface area contributed by atoms with Crippen LogP contribution >= 0.6 is 0 Å². The molecule has 0 atom stereocenters. The fourth-order valence-corrected chi connectivity index (χ4v) is 2.76. The summed E-state index contributed by atoms with van der Waals surface area (Å²) in [6.45, 7) is 3.10. The molecule has 0 spiro atoms. The van der Waals surface area contributed by atoms with Crippen LogP contribution in [-0.2, 0) is 9.53 Å². The van der Waals surface area contributed by atoms with Gasteiger partial charge in [0.05, 0.1) is 6.54 Å². The van der Waals surface area contributed by atoms with Gasteiger partial charge in [-0.2, -0.15) is 13.2 Å². The average molecular weight is 294 g/mol. The van der Waals surface area contributed by atoms with Gasteiger partial charge in [-0.25, -0.2) is 0 Å². The Balaban J connectivity index is 1.81. The van der Waals surface area contributed by atoms with Gasteiger partial charge in [-0.1, -0.05) is 6.92 Å². The fourth-order valence-electron chi connectivity index (χ4n) is 2.76. The Labute approximate surface area is 116 Å². The van der Waals surface area contributed by atoms with Crippen molar-refractivity contribution in [3.63, 3.8) is 0 Å². The van der Waals surface area contributed by atoms with E-state index in [0.717, 1.165) is 20.0 Å². The van der Waals surface area contributed by atoms with Crippen molar-refractivity contribution in [2.45, 2.75) is 31.5 Å². The zero-order valence-electron chi connectivity index (χ0n) is 11.9. The predicted octanol–water partition coefficient (Wildman–Crippen LogP) is 1.51. The molecule has 0 aromatic heterocycles. The number of carbonyl (C=O) groups excluding carboxylic acids is 1. The topological polar surface area (TPSA) is 32.8 Å². The molecule has 0 aromatic carbocycles. The van der Waals surface area contributed by atoms with Crippen LogP contribution in [0, 0.1) is 5.92 Å². The number of hydrogen-bond acceptors (Lipinski definition) is 3. The molecule has 0 saturated carbocycles. The van der Waals surface area contributed by atoms with Crippen LogP contribution in [0.15, 0.2) is 0 Å². The van der Waals surface area contributed by atoms with Crippen molar-refractivity contribution in [2.24, 2.45) is 5.92 Å². The number of likely N-dealkylation sites (tertiary alicyclic amines) is 2. The maximum atomic E-state index is 12.8. The second-order valence-electron chi connectivity index (χ2n) is 5.90. The summed E-state index contributed by atoms with van der Waals surface area (Å²) in [5.74, 6) is 0.540. The number of alkyl halides is 3. The third kappa shape index (κ3) is 2.93. The molecule has 0 unspecified atom stereocenters. The van der Waals surface area contributed by atoms with Crippen molar-refractivity contribution in [1.82, 2.24) is 9.80 Å². The van der Waals surface area contributed by atoms with Crippen molar-refractivity contribution < 1.29 is 22.7 Å². The molecule has 4 nitrogen and oxygen atoms in total. The number of halogens is 3. The number of amides is 1. The van der Waals surface area contributed by atoms with Gasteiger partial charge in [-0.3, -0.25) is 9.69 Å². The lowest BCUT2D eigenvalue weighted by atomic mass is 9.93. The quantitative estimate of drug-likeness (QED) is 0.791. The lowest BCUT2D eigenvalue weighted by molar-refractivity contribution is -0.310. The minimum Gasteiger partial charge on any atom is -0.366 e. The monoisotopic (exact) mass is 294 g/mol. The second-order valence-corrected chi connectivity index (χ2v) is 5.90. The van der Waals surface area contributed by atoms with Gasteiger partial charge in [0.1, 0.15) is 0 Å². The molecular weight excluding hydrogens is 273 g/mol. The molecule has 116 valence electrons. The predicted molar refractivity (Wildman–Crippen MR) is 67.2 cm³/mol. The molecule has 0 aliphatic carbocycles. The second kappa shape index (κ2) is 5.52. The summed E-state index contributed by atoms with van der Waals surface area (Å²) in [6.07, 6.45) is -2.45. The lowest BCUT2D eigenvalue weighted by Crippen LogP contribution is -2.71. The smallest absolute Gasteiger partial charge is 0.366 e. The minimum atomic E-state index is -4.39. The van der Waals surface area contributed by atoms with Gasteiger partial charge < -0.3 is 9.64 Å². The van der Waals surface area contributed by atoms with E-state index >= 15 is 0 Å². The van der Waals surface area contributed by atoms with E-state index in [4.69, 9.17) is 0 Å². The normalized spacial score (nSPS) is 24.6. The third-order valence-electron chi connectivity index (χ3n) is 4.36. The lowest BCUT2D eigenvalue weighted by Gasteiger charge is -2.49. The summed E-state index contributed by atoms with van der Waals surface area (Å²) in [6, 6.07) is 0. The first-order valence-electron chi connectivity index (χ1n) is 6.89. The molecule has 0 bridgehead atoms. The van der Waals surface area contributed by atoms with E-state index in [1.807, 2.05) is 0 Å². The van der Waals surface area contributed by atoms with E-state index in [9.17, 15) is 18.0 Å². The van der Waals surface area contributed by atoms with Crippen LogP contribution < -0.4 is 0 Å². The minimum absolute atomic E-state index is 0.0512. The van der Waals surface area contributed by atoms with E-state index < -0.39 is 11.8 Å². The largest absolute Gasteiger partial charge is 0.419 e. The van der Waals surface area contributed by atoms with Crippen LogP contribution in [0.1, 0.15) is 19.8 Å². The highest BCUT2D eigenvalue weighted by Gasteiger charge is 2.62. The first-order valence-corrected chi connectivity index (χ1v) is 6.89. The zero-order valence-corrected chi connectivity index (χ0v) is 11.9. The first-order chi connectivity index (χ1) is 9.27. The van der Waals surface area contributed by atoms with E-state index in [-0.39, 0.29) is 25.5 Å². The number of carbonyl (C=O) groups is 1. The number of piperidine rings is 1. The molecule has 0 N–H and O–H groups in total. The molecule has 2 aliphatic rings. The number of hydrogen-bond donors (Lipinski definition) is 0. The number of methoxy groups -OCH3 is 1. The van der Waals surface area contributed by atoms with Crippen molar-refractivity contribution in [1.29, 1.82) is 0 Å². The summed E-state index contributed by atoms with van der Waals surface area (Å²) < 4.78 is 43.1. The maximum Gasteiger partial charge on any atom is 0.419 e. The van der Waals surface area contributed by atoms with Gasteiger partial charge in [0.15, 0.2) is 5.60 Å². The summed E-state index contributed by atoms with van der Waals surface area (Å²) in [7, 11) is 1.07. The number of rotatable bonds is 3. The highest BCUT2D eigenvalue weighted by atomic mass is 19.4. The van der Waals surface area contributed by atoms with Gasteiger partial charge in [-0.15, -0.1) is 0 Å². The summed E-state index contributed by atoms with van der Waals surface area (Å²) in [5, 5.41) is 0. The van der Waals surface area contributed by atoms with Gasteiger partial charge >= 0.3 is 6.18 Å². The highest BCUT2D eigenvalue weighted by Crippen LogP contribution is 2.40. The SMILES string of the molecule is COC1(C(F)(F)F)CN(CC(=O)N2CCC(C)CC2)C1. The Morgan fingerprint density at radius 3 is 2.30 bits per heavy atom. The molecule has 2 fully saturated rings. The Bertz CT molecular complexity index is 359. The molecule has 2 heterocycles. The molecule has 0 aromatic rings. The zero-order chi connectivity index (χ0) is 15.0. The van der Waals surface area contributed by atoms with Crippen LogP contribution in [0.2, 0.25) is 0 Å². The van der Waals surface area contributed by atoms with E-state index in [2.05, 4.69) is 11.7 Å². The first kappa shape index (κ1) is 15.6. The van der Waals surface area contributed by atoms with Crippen LogP contribution in [0.3, 0.4) is 0 Å². The van der Waals surface area contributed by atoms with Gasteiger partial charge in [0.2, 0.25) is 5.91 Å². The standard InChI is InChI=1S/C13H21F3N2O2/c1-10-3-5-18(6-4-10)11(19)7-17-8-12(9-17,20-2)13(14,15)16/h10H,3-9H2,1-2H3. The van der Waals surface area contributed by atoms with Gasteiger partial charge in [-0.05, 0) is 18.8 Å². The van der Waals surface area contributed by atoms with Crippen molar-refractivity contribution >= 4 is 5.91 Å². The molecule has 0 radical (unpaired) electrons. The van der Waals surface area contributed by atoms with Crippen molar-refractivity contribution in [3.8, 4) is 0 Å². The maximum absolute atomic E-state index is 12.8. The number of ether oxygens (including phenoxy) is 1. The Hall–Kier alpha value is -0.820. The van der Waals surface area contributed by atoms with E-state index in [1.165, 1.54) is 4.90 Å². The molecule has 2 saturated heterocycles. The van der Waals surface area contributed by atoms with Crippen LogP contribution in [-0.4, -0.2) is 67.3 Å². The Kier molecular flexibility index (Phi) is 4.30. The summed E-state index contributed by atoms with van der Waals surface area (Å²) >= 11 is 0. The van der Waals surface area contributed by atoms with Crippen molar-refractivity contribution in [3.05, 3.63) is 0 Å². The Morgan fingerprint density at radius 1 is 1.30 bits per heavy atom. The van der Waals surface area contributed by atoms with Gasteiger partial charge in [0.25, 0.3) is 0 Å². The van der Waals surface area contributed by atoms with E-state index in [1.54, 1.807) is 4.90 Å². The molecule has 7 heteroatoms. The highest BCUT2D eigenvalue weighted by molar-refractivity contribution is 5.78.